The second-order valence-corrected chi connectivity index (χ2v) is 16.0. The van der Waals surface area contributed by atoms with Crippen molar-refractivity contribution in [1.29, 1.82) is 0 Å². The normalized spacial score (nSPS) is 11.5. The molecule has 0 aliphatic carbocycles. The molecule has 0 N–H and O–H groups in total. The zero-order valence-electron chi connectivity index (χ0n) is 33.9. The molecule has 0 atom stereocenters. The predicted molar refractivity (Wildman–Crippen MR) is 260 cm³/mol. The molecule has 0 unspecified atom stereocenters. The maximum atomic E-state index is 5.42. The van der Waals surface area contributed by atoms with E-state index in [1.807, 2.05) is 0 Å². The Hall–Kier alpha value is -8.27. The molecule has 0 saturated carbocycles. The number of hydrogen-bond donors (Lipinski definition) is 0. The molecule has 0 bridgehead atoms. The molecule has 9 aromatic carbocycles. The first-order chi connectivity index (χ1) is 30.7. The number of rotatable bonds is 7. The van der Waals surface area contributed by atoms with Crippen molar-refractivity contribution >= 4 is 43.6 Å². The second-order valence-electron chi connectivity index (χ2n) is 16.0. The van der Waals surface area contributed by atoms with Crippen LogP contribution < -0.4 is 0 Å². The highest BCUT2D eigenvalue weighted by atomic mass is 15.0. The van der Waals surface area contributed by atoms with Gasteiger partial charge in [0.15, 0.2) is 0 Å². The third-order valence-electron chi connectivity index (χ3n) is 12.3. The zero-order chi connectivity index (χ0) is 41.0. The summed E-state index contributed by atoms with van der Waals surface area (Å²) in [5, 5.41) is 4.96. The second kappa shape index (κ2) is 14.8. The minimum absolute atomic E-state index is 0.936. The van der Waals surface area contributed by atoms with Crippen molar-refractivity contribution in [2.75, 3.05) is 0 Å². The first-order valence-electron chi connectivity index (χ1n) is 21.2. The summed E-state index contributed by atoms with van der Waals surface area (Å²) in [7, 11) is 0. The average molecular weight is 790 g/mol. The minimum atomic E-state index is 0.936. The lowest BCUT2D eigenvalue weighted by molar-refractivity contribution is 1.18. The fourth-order valence-electron chi connectivity index (χ4n) is 9.36. The summed E-state index contributed by atoms with van der Waals surface area (Å²) in [4.78, 5) is 5.42. The Labute approximate surface area is 360 Å². The molecule has 0 amide bonds. The molecule has 62 heavy (non-hydrogen) atoms. The fraction of sp³-hybridized carbons (Fsp3) is 0. The molecule has 12 rings (SSSR count). The van der Waals surface area contributed by atoms with E-state index in [-0.39, 0.29) is 0 Å². The molecule has 3 heteroatoms. The smallest absolute Gasteiger partial charge is 0.0715 e. The van der Waals surface area contributed by atoms with Gasteiger partial charge in [0.1, 0.15) is 0 Å². The van der Waals surface area contributed by atoms with Crippen LogP contribution in [-0.4, -0.2) is 14.1 Å². The summed E-state index contributed by atoms with van der Waals surface area (Å²) in [5.41, 5.74) is 18.1. The number of para-hydroxylation sites is 4. The number of aromatic nitrogens is 3. The van der Waals surface area contributed by atoms with Crippen molar-refractivity contribution in [3.05, 3.63) is 237 Å². The van der Waals surface area contributed by atoms with Gasteiger partial charge in [-0.3, -0.25) is 0 Å². The van der Waals surface area contributed by atoms with Crippen LogP contribution in [0.1, 0.15) is 0 Å². The maximum absolute atomic E-state index is 5.42. The van der Waals surface area contributed by atoms with Crippen LogP contribution in [0.25, 0.3) is 111 Å². The van der Waals surface area contributed by atoms with Crippen LogP contribution in [0.5, 0.6) is 0 Å². The van der Waals surface area contributed by atoms with E-state index >= 15 is 0 Å². The number of hydrogen-bond acceptors (Lipinski definition) is 1. The van der Waals surface area contributed by atoms with E-state index in [1.54, 1.807) is 0 Å². The summed E-state index contributed by atoms with van der Waals surface area (Å²) in [6.45, 7) is 0. The lowest BCUT2D eigenvalue weighted by Gasteiger charge is -2.13. The monoisotopic (exact) mass is 789 g/mol. The van der Waals surface area contributed by atoms with E-state index in [0.717, 1.165) is 56.1 Å². The van der Waals surface area contributed by atoms with E-state index in [2.05, 4.69) is 246 Å². The summed E-state index contributed by atoms with van der Waals surface area (Å²) < 4.78 is 4.73. The van der Waals surface area contributed by atoms with Crippen LogP contribution >= 0.6 is 0 Å². The lowest BCUT2D eigenvalue weighted by Crippen LogP contribution is -1.93. The summed E-state index contributed by atoms with van der Waals surface area (Å²) >= 11 is 0. The molecule has 12 aromatic rings. The Morgan fingerprint density at radius 3 is 1.08 bits per heavy atom. The third-order valence-corrected chi connectivity index (χ3v) is 12.3. The summed E-state index contributed by atoms with van der Waals surface area (Å²) in [5.74, 6) is 0. The predicted octanol–water partition coefficient (Wildman–Crippen LogP) is 15.6. The molecule has 0 radical (unpaired) electrons. The van der Waals surface area contributed by atoms with Gasteiger partial charge in [0, 0.05) is 44.0 Å². The zero-order valence-corrected chi connectivity index (χ0v) is 33.9. The molecular weight excluding hydrogens is 751 g/mol. The summed E-state index contributed by atoms with van der Waals surface area (Å²) in [6, 6.07) is 85.2. The Morgan fingerprint density at radius 1 is 0.226 bits per heavy atom. The molecule has 0 fully saturated rings. The number of benzene rings is 9. The summed E-state index contributed by atoms with van der Waals surface area (Å²) in [6.07, 6.45) is 0. The Kier molecular flexibility index (Phi) is 8.50. The Bertz CT molecular complexity index is 3400. The molecule has 290 valence electrons. The largest absolute Gasteiger partial charge is 0.309 e. The molecule has 3 nitrogen and oxygen atoms in total. The molecule has 3 heterocycles. The van der Waals surface area contributed by atoms with Crippen molar-refractivity contribution in [2.24, 2.45) is 0 Å². The van der Waals surface area contributed by atoms with Gasteiger partial charge >= 0.3 is 0 Å². The number of nitrogens with zero attached hydrogens (tertiary/aromatic N) is 3. The van der Waals surface area contributed by atoms with Gasteiger partial charge in [-0.15, -0.1) is 0 Å². The average Bonchev–Trinajstić information content (AvgIpc) is 3.87. The number of pyridine rings is 1. The van der Waals surface area contributed by atoms with Crippen molar-refractivity contribution in [3.8, 4) is 67.3 Å². The van der Waals surface area contributed by atoms with Gasteiger partial charge in [-0.25, -0.2) is 4.98 Å². The van der Waals surface area contributed by atoms with Gasteiger partial charge in [0.2, 0.25) is 0 Å². The lowest BCUT2D eigenvalue weighted by atomic mass is 9.96. The van der Waals surface area contributed by atoms with Gasteiger partial charge in [-0.2, -0.15) is 0 Å². The van der Waals surface area contributed by atoms with Crippen molar-refractivity contribution in [2.45, 2.75) is 0 Å². The van der Waals surface area contributed by atoms with Crippen molar-refractivity contribution in [1.82, 2.24) is 14.1 Å². The minimum Gasteiger partial charge on any atom is -0.309 e. The van der Waals surface area contributed by atoms with E-state index in [1.165, 1.54) is 54.7 Å². The van der Waals surface area contributed by atoms with Gasteiger partial charge in [-0.1, -0.05) is 152 Å². The van der Waals surface area contributed by atoms with Crippen LogP contribution in [0.2, 0.25) is 0 Å². The van der Waals surface area contributed by atoms with Gasteiger partial charge in [0.25, 0.3) is 0 Å². The number of fused-ring (bicyclic) bond motifs is 6. The van der Waals surface area contributed by atoms with Gasteiger partial charge in [0.05, 0.1) is 33.5 Å². The third kappa shape index (κ3) is 6.10. The topological polar surface area (TPSA) is 22.8 Å². The van der Waals surface area contributed by atoms with Crippen LogP contribution in [0.3, 0.4) is 0 Å². The fourth-order valence-corrected chi connectivity index (χ4v) is 9.36. The molecule has 0 aliphatic heterocycles. The Morgan fingerprint density at radius 2 is 0.597 bits per heavy atom. The quantitative estimate of drug-likeness (QED) is 0.158. The van der Waals surface area contributed by atoms with E-state index < -0.39 is 0 Å². The molecule has 3 aromatic heterocycles. The van der Waals surface area contributed by atoms with Crippen molar-refractivity contribution < 1.29 is 0 Å². The van der Waals surface area contributed by atoms with Gasteiger partial charge < -0.3 is 9.13 Å². The first-order valence-corrected chi connectivity index (χ1v) is 21.2. The Balaban J connectivity index is 0.957. The van der Waals surface area contributed by atoms with Crippen LogP contribution in [0, 0.1) is 0 Å². The molecular formula is C59H39N3. The molecule has 0 aliphatic rings. The molecule has 0 saturated heterocycles. The van der Waals surface area contributed by atoms with E-state index in [0.29, 0.717) is 0 Å². The first kappa shape index (κ1) is 35.7. The van der Waals surface area contributed by atoms with Gasteiger partial charge in [-0.05, 0) is 118 Å². The standard InChI is InChI=1S/C59H39N3/c1-4-16-40(17-5-1)47-38-54(45-20-14-18-41(34-45)43-30-32-58-52(36-43)50-26-10-12-28-56(50)61(58)48-22-6-2-7-23-48)60-55(39-47)46-21-15-19-42(35-46)44-31-33-59-53(37-44)51-27-11-13-29-57(51)62(59)49-24-8-3-9-25-49/h1-39H. The van der Waals surface area contributed by atoms with Crippen molar-refractivity contribution in [3.63, 3.8) is 0 Å². The highest BCUT2D eigenvalue weighted by Gasteiger charge is 2.16. The van der Waals surface area contributed by atoms with E-state index in [4.69, 9.17) is 4.98 Å². The van der Waals surface area contributed by atoms with E-state index in [9.17, 15) is 0 Å². The highest BCUT2D eigenvalue weighted by molar-refractivity contribution is 6.11. The van der Waals surface area contributed by atoms with Crippen LogP contribution in [0.4, 0.5) is 0 Å². The van der Waals surface area contributed by atoms with Crippen LogP contribution in [0.15, 0.2) is 237 Å². The van der Waals surface area contributed by atoms with Crippen LogP contribution in [-0.2, 0) is 0 Å². The maximum Gasteiger partial charge on any atom is 0.0715 e. The molecule has 0 spiro atoms. The highest BCUT2D eigenvalue weighted by Crippen LogP contribution is 2.39. The SMILES string of the molecule is c1ccc(-c2cc(-c3cccc(-c4ccc5c(c4)c4ccccc4n5-c4ccccc4)c3)nc(-c3cccc(-c4ccc5c(c4)c4ccccc4n5-c4ccccc4)c3)c2)cc1.